The van der Waals surface area contributed by atoms with Gasteiger partial charge in [0.1, 0.15) is 11.5 Å². The zero-order valence-corrected chi connectivity index (χ0v) is 15.1. The van der Waals surface area contributed by atoms with Crippen LogP contribution in [0.25, 0.3) is 0 Å². The van der Waals surface area contributed by atoms with Crippen LogP contribution in [-0.2, 0) is 12.8 Å². The average molecular weight is 374 g/mol. The molecule has 2 aromatic heterocycles. The molecule has 1 aromatic carbocycles. The molecule has 130 valence electrons. The van der Waals surface area contributed by atoms with E-state index < -0.39 is 5.97 Å². The zero-order valence-electron chi connectivity index (χ0n) is 13.5. The van der Waals surface area contributed by atoms with Gasteiger partial charge in [0.05, 0.1) is 18.8 Å². The first-order valence-electron chi connectivity index (χ1n) is 7.89. The summed E-state index contributed by atoms with van der Waals surface area (Å²) in [7, 11) is 0. The Labute approximate surface area is 154 Å². The van der Waals surface area contributed by atoms with Gasteiger partial charge in [0.2, 0.25) is 0 Å². The first-order chi connectivity index (χ1) is 12.2. The van der Waals surface area contributed by atoms with Crippen LogP contribution in [0, 0.1) is 0 Å². The van der Waals surface area contributed by atoms with Gasteiger partial charge in [0, 0.05) is 28.7 Å². The molecule has 25 heavy (non-hydrogen) atoms. The summed E-state index contributed by atoms with van der Waals surface area (Å²) in [5.74, 6) is 0.0389. The van der Waals surface area contributed by atoms with E-state index in [2.05, 4.69) is 12.1 Å². The van der Waals surface area contributed by atoms with E-state index in [-0.39, 0.29) is 5.56 Å². The van der Waals surface area contributed by atoms with E-state index >= 15 is 0 Å². The van der Waals surface area contributed by atoms with Gasteiger partial charge in [-0.3, -0.25) is 0 Å². The van der Waals surface area contributed by atoms with Gasteiger partial charge in [0.15, 0.2) is 0 Å². The maximum Gasteiger partial charge on any atom is 0.335 e. The number of hydrogen-bond acceptors (Lipinski definition) is 5. The molecule has 0 aliphatic heterocycles. The Morgan fingerprint density at radius 2 is 1.40 bits per heavy atom. The highest BCUT2D eigenvalue weighted by Gasteiger charge is 2.09. The number of carboxylic acid groups (broad SMARTS) is 1. The molecule has 6 heteroatoms. The van der Waals surface area contributed by atoms with Crippen molar-refractivity contribution in [3.05, 3.63) is 68.5 Å². The van der Waals surface area contributed by atoms with Crippen molar-refractivity contribution in [1.29, 1.82) is 0 Å². The minimum atomic E-state index is -0.994. The molecule has 0 saturated carbocycles. The van der Waals surface area contributed by atoms with E-state index in [1.54, 1.807) is 28.7 Å². The number of hydrogen-bond donors (Lipinski definition) is 1. The smallest absolute Gasteiger partial charge is 0.335 e. The molecule has 2 heterocycles. The molecule has 3 aromatic rings. The van der Waals surface area contributed by atoms with Crippen molar-refractivity contribution in [2.24, 2.45) is 0 Å². The lowest BCUT2D eigenvalue weighted by atomic mass is 10.2. The molecule has 0 unspecified atom stereocenters. The Morgan fingerprint density at radius 3 is 1.80 bits per heavy atom. The SMILES string of the molecule is O=C(O)c1cc(OCCc2cccs2)cc(OCCc2cccs2)c1. The van der Waals surface area contributed by atoms with E-state index in [0.717, 1.165) is 12.8 Å². The zero-order chi connectivity index (χ0) is 17.5. The third-order valence-electron chi connectivity index (χ3n) is 3.52. The molecular formula is C19H18O4S2. The quantitative estimate of drug-likeness (QED) is 0.587. The van der Waals surface area contributed by atoms with Crippen LogP contribution in [0.1, 0.15) is 20.1 Å². The van der Waals surface area contributed by atoms with E-state index in [0.29, 0.717) is 24.7 Å². The summed E-state index contributed by atoms with van der Waals surface area (Å²) >= 11 is 3.36. The molecule has 0 amide bonds. The molecule has 0 bridgehead atoms. The molecule has 0 aliphatic carbocycles. The maximum absolute atomic E-state index is 11.3. The van der Waals surface area contributed by atoms with Crippen LogP contribution in [0.4, 0.5) is 0 Å². The minimum Gasteiger partial charge on any atom is -0.493 e. The normalized spacial score (nSPS) is 10.6. The van der Waals surface area contributed by atoms with Crippen LogP contribution in [0.5, 0.6) is 11.5 Å². The van der Waals surface area contributed by atoms with Gasteiger partial charge in [-0.2, -0.15) is 0 Å². The Balaban J connectivity index is 1.60. The van der Waals surface area contributed by atoms with Crippen molar-refractivity contribution in [2.45, 2.75) is 12.8 Å². The van der Waals surface area contributed by atoms with Gasteiger partial charge in [-0.25, -0.2) is 4.79 Å². The summed E-state index contributed by atoms with van der Waals surface area (Å²) in [6.45, 7) is 0.996. The number of thiophene rings is 2. The number of aromatic carboxylic acids is 1. The Hall–Kier alpha value is -2.31. The van der Waals surface area contributed by atoms with Crippen LogP contribution < -0.4 is 9.47 Å². The highest BCUT2D eigenvalue weighted by Crippen LogP contribution is 2.24. The molecule has 0 saturated heterocycles. The van der Waals surface area contributed by atoms with Crippen molar-refractivity contribution < 1.29 is 19.4 Å². The lowest BCUT2D eigenvalue weighted by Gasteiger charge is -2.11. The van der Waals surface area contributed by atoms with Crippen molar-refractivity contribution in [3.63, 3.8) is 0 Å². The van der Waals surface area contributed by atoms with E-state index in [1.807, 2.05) is 22.9 Å². The topological polar surface area (TPSA) is 55.8 Å². The second-order valence-corrected chi connectivity index (χ2v) is 7.42. The van der Waals surface area contributed by atoms with Crippen LogP contribution in [0.15, 0.2) is 53.2 Å². The molecule has 3 rings (SSSR count). The van der Waals surface area contributed by atoms with Crippen LogP contribution in [-0.4, -0.2) is 24.3 Å². The maximum atomic E-state index is 11.3. The highest BCUT2D eigenvalue weighted by molar-refractivity contribution is 7.10. The fourth-order valence-corrected chi connectivity index (χ4v) is 3.69. The molecule has 0 spiro atoms. The van der Waals surface area contributed by atoms with Gasteiger partial charge in [-0.15, -0.1) is 22.7 Å². The lowest BCUT2D eigenvalue weighted by Crippen LogP contribution is -2.05. The molecule has 0 fully saturated rings. The standard InChI is InChI=1S/C19H18O4S2/c20-19(21)14-11-15(22-7-5-17-3-1-9-24-17)13-16(12-14)23-8-6-18-4-2-10-25-18/h1-4,9-13H,5-8H2,(H,20,21). The second-order valence-electron chi connectivity index (χ2n) is 5.35. The summed E-state index contributed by atoms with van der Waals surface area (Å²) in [5.41, 5.74) is 0.166. The summed E-state index contributed by atoms with van der Waals surface area (Å²) in [6.07, 6.45) is 1.59. The minimum absolute atomic E-state index is 0.166. The van der Waals surface area contributed by atoms with Crippen LogP contribution >= 0.6 is 22.7 Å². The third kappa shape index (κ3) is 5.34. The highest BCUT2D eigenvalue weighted by atomic mass is 32.1. The number of benzene rings is 1. The second kappa shape index (κ2) is 8.69. The van der Waals surface area contributed by atoms with Crippen molar-refractivity contribution in [2.75, 3.05) is 13.2 Å². The van der Waals surface area contributed by atoms with E-state index in [1.165, 1.54) is 21.9 Å². The van der Waals surface area contributed by atoms with Crippen LogP contribution in [0.2, 0.25) is 0 Å². The van der Waals surface area contributed by atoms with Gasteiger partial charge in [0.25, 0.3) is 0 Å². The predicted molar refractivity (Wildman–Crippen MR) is 100 cm³/mol. The Kier molecular flexibility index (Phi) is 6.09. The largest absolute Gasteiger partial charge is 0.493 e. The summed E-state index contributed by atoms with van der Waals surface area (Å²) in [4.78, 5) is 13.8. The van der Waals surface area contributed by atoms with Gasteiger partial charge in [-0.1, -0.05) is 12.1 Å². The Bertz CT molecular complexity index is 736. The first kappa shape index (κ1) is 17.5. The molecule has 0 aliphatic rings. The molecule has 4 nitrogen and oxygen atoms in total. The van der Waals surface area contributed by atoms with Crippen molar-refractivity contribution >= 4 is 28.6 Å². The van der Waals surface area contributed by atoms with Crippen molar-refractivity contribution in [1.82, 2.24) is 0 Å². The number of carbonyl (C=O) groups is 1. The average Bonchev–Trinajstić information content (AvgIpc) is 3.28. The number of ether oxygens (including phenoxy) is 2. The summed E-state index contributed by atoms with van der Waals surface area (Å²) in [5, 5.41) is 13.3. The fraction of sp³-hybridized carbons (Fsp3) is 0.211. The predicted octanol–water partition coefficient (Wildman–Crippen LogP) is 4.75. The van der Waals surface area contributed by atoms with Gasteiger partial charge in [-0.05, 0) is 35.0 Å². The molecular weight excluding hydrogens is 356 g/mol. The van der Waals surface area contributed by atoms with E-state index in [9.17, 15) is 9.90 Å². The first-order valence-corrected chi connectivity index (χ1v) is 9.65. The van der Waals surface area contributed by atoms with Gasteiger partial charge >= 0.3 is 5.97 Å². The van der Waals surface area contributed by atoms with Crippen molar-refractivity contribution in [3.8, 4) is 11.5 Å². The molecule has 0 atom stereocenters. The number of rotatable bonds is 9. The van der Waals surface area contributed by atoms with Gasteiger partial charge < -0.3 is 14.6 Å². The molecule has 1 N–H and O–H groups in total. The Morgan fingerprint density at radius 1 is 0.880 bits per heavy atom. The number of carboxylic acids is 1. The monoisotopic (exact) mass is 374 g/mol. The van der Waals surface area contributed by atoms with E-state index in [4.69, 9.17) is 9.47 Å². The third-order valence-corrected chi connectivity index (χ3v) is 5.39. The summed E-state index contributed by atoms with van der Waals surface area (Å²) < 4.78 is 11.5. The van der Waals surface area contributed by atoms with Crippen LogP contribution in [0.3, 0.4) is 0 Å². The lowest BCUT2D eigenvalue weighted by molar-refractivity contribution is 0.0695. The fourth-order valence-electron chi connectivity index (χ4n) is 2.31. The summed E-state index contributed by atoms with van der Waals surface area (Å²) in [6, 6.07) is 12.9. The molecule has 0 radical (unpaired) electrons.